The van der Waals surface area contributed by atoms with Crippen LogP contribution in [0.15, 0.2) is 24.4 Å². The molecular weight excluding hydrogens is 174 g/mol. The van der Waals surface area contributed by atoms with Gasteiger partial charge in [0.15, 0.2) is 0 Å². The van der Waals surface area contributed by atoms with Crippen LogP contribution < -0.4 is 5.73 Å². The van der Waals surface area contributed by atoms with Gasteiger partial charge in [0.1, 0.15) is 11.6 Å². The molecule has 1 heterocycles. The number of aryl methyl sites for hydroxylation is 2. The van der Waals surface area contributed by atoms with Gasteiger partial charge in [-0.25, -0.2) is 4.98 Å². The van der Waals surface area contributed by atoms with E-state index in [1.807, 2.05) is 0 Å². The molecule has 3 nitrogen and oxygen atoms in total. The lowest BCUT2D eigenvalue weighted by molar-refractivity contribution is 1.27. The Morgan fingerprint density at radius 1 is 1.29 bits per heavy atom. The number of aromatic amines is 1. The molecule has 0 unspecified atom stereocenters. The Balaban J connectivity index is 2.52. The van der Waals surface area contributed by atoms with Crippen molar-refractivity contribution in [2.75, 3.05) is 5.73 Å². The molecule has 0 aliphatic carbocycles. The average Bonchev–Trinajstić information content (AvgIpc) is 2.51. The minimum Gasteiger partial charge on any atom is -0.384 e. The molecule has 0 saturated heterocycles. The van der Waals surface area contributed by atoms with E-state index in [2.05, 4.69) is 42.0 Å². The molecule has 1 aromatic heterocycles. The van der Waals surface area contributed by atoms with Crippen LogP contribution in [0.2, 0.25) is 0 Å². The number of imidazole rings is 1. The second-order valence-electron chi connectivity index (χ2n) is 3.51. The average molecular weight is 187 g/mol. The number of nitrogens with one attached hydrogen (secondary N) is 1. The van der Waals surface area contributed by atoms with E-state index in [1.165, 1.54) is 11.1 Å². The summed E-state index contributed by atoms with van der Waals surface area (Å²) >= 11 is 0. The number of rotatable bonds is 1. The molecule has 0 amide bonds. The van der Waals surface area contributed by atoms with E-state index in [0.29, 0.717) is 5.82 Å². The monoisotopic (exact) mass is 187 g/mol. The Kier molecular flexibility index (Phi) is 2.00. The van der Waals surface area contributed by atoms with Crippen LogP contribution in [0.3, 0.4) is 0 Å². The van der Waals surface area contributed by atoms with E-state index >= 15 is 0 Å². The molecular formula is C11H13N3. The summed E-state index contributed by atoms with van der Waals surface area (Å²) in [5, 5.41) is 0. The van der Waals surface area contributed by atoms with Gasteiger partial charge < -0.3 is 10.7 Å². The maximum Gasteiger partial charge on any atom is 0.139 e. The molecule has 0 aliphatic rings. The van der Waals surface area contributed by atoms with Crippen molar-refractivity contribution in [2.45, 2.75) is 13.8 Å². The number of hydrogen-bond acceptors (Lipinski definition) is 2. The van der Waals surface area contributed by atoms with E-state index in [1.54, 1.807) is 6.20 Å². The zero-order valence-electron chi connectivity index (χ0n) is 8.33. The van der Waals surface area contributed by atoms with Crippen LogP contribution in [0.4, 0.5) is 5.82 Å². The largest absolute Gasteiger partial charge is 0.384 e. The first-order valence-corrected chi connectivity index (χ1v) is 4.55. The Labute approximate surface area is 83.0 Å². The van der Waals surface area contributed by atoms with Crippen LogP contribution in [0.25, 0.3) is 11.4 Å². The summed E-state index contributed by atoms with van der Waals surface area (Å²) in [4.78, 5) is 7.22. The molecule has 0 fully saturated rings. The van der Waals surface area contributed by atoms with Crippen LogP contribution in [0.1, 0.15) is 11.1 Å². The van der Waals surface area contributed by atoms with Crippen molar-refractivity contribution in [3.8, 4) is 11.4 Å². The van der Waals surface area contributed by atoms with Gasteiger partial charge in [-0.3, -0.25) is 0 Å². The summed E-state index contributed by atoms with van der Waals surface area (Å²) < 4.78 is 0. The summed E-state index contributed by atoms with van der Waals surface area (Å²) in [5.41, 5.74) is 9.14. The lowest BCUT2D eigenvalue weighted by Crippen LogP contribution is -1.87. The highest BCUT2D eigenvalue weighted by Gasteiger charge is 2.04. The zero-order chi connectivity index (χ0) is 10.1. The number of nitrogens with zero attached hydrogens (tertiary/aromatic N) is 1. The molecule has 2 aromatic rings. The highest BCUT2D eigenvalue weighted by atomic mass is 15.0. The standard InChI is InChI=1S/C11H13N3/c1-7-3-4-9(8(2)5-7)11-13-6-10(12)14-11/h3-6H,12H2,1-2H3,(H,13,14). The highest BCUT2D eigenvalue weighted by Crippen LogP contribution is 2.21. The Bertz CT molecular complexity index is 457. The minimum atomic E-state index is 0.597. The van der Waals surface area contributed by atoms with E-state index in [0.717, 1.165) is 11.4 Å². The summed E-state index contributed by atoms with van der Waals surface area (Å²) in [6, 6.07) is 6.26. The van der Waals surface area contributed by atoms with Crippen molar-refractivity contribution < 1.29 is 0 Å². The molecule has 1 aromatic carbocycles. The lowest BCUT2D eigenvalue weighted by Gasteiger charge is -2.03. The topological polar surface area (TPSA) is 54.7 Å². The quantitative estimate of drug-likeness (QED) is 0.719. The van der Waals surface area contributed by atoms with Crippen LogP contribution >= 0.6 is 0 Å². The molecule has 0 radical (unpaired) electrons. The van der Waals surface area contributed by atoms with E-state index in [9.17, 15) is 0 Å². The van der Waals surface area contributed by atoms with E-state index in [-0.39, 0.29) is 0 Å². The third-order valence-corrected chi connectivity index (χ3v) is 2.23. The Morgan fingerprint density at radius 2 is 2.07 bits per heavy atom. The zero-order valence-corrected chi connectivity index (χ0v) is 8.33. The molecule has 3 N–H and O–H groups in total. The lowest BCUT2D eigenvalue weighted by atomic mass is 10.1. The van der Waals surface area contributed by atoms with Crippen molar-refractivity contribution in [3.63, 3.8) is 0 Å². The molecule has 0 aliphatic heterocycles. The summed E-state index contributed by atoms with van der Waals surface area (Å²) in [6.07, 6.45) is 1.63. The smallest absolute Gasteiger partial charge is 0.139 e. The first-order valence-electron chi connectivity index (χ1n) is 4.55. The van der Waals surface area contributed by atoms with Crippen molar-refractivity contribution in [2.24, 2.45) is 0 Å². The fraction of sp³-hybridized carbons (Fsp3) is 0.182. The number of nitrogens with two attached hydrogens (primary N) is 1. The maximum atomic E-state index is 5.58. The molecule has 72 valence electrons. The van der Waals surface area contributed by atoms with Crippen LogP contribution in [0, 0.1) is 13.8 Å². The van der Waals surface area contributed by atoms with Gasteiger partial charge in [0.25, 0.3) is 0 Å². The number of nitrogen functional groups attached to an aromatic ring is 1. The van der Waals surface area contributed by atoms with Gasteiger partial charge >= 0.3 is 0 Å². The number of H-pyrrole nitrogens is 1. The number of aromatic nitrogens is 2. The normalized spacial score (nSPS) is 10.4. The molecule has 0 atom stereocenters. The number of benzene rings is 1. The summed E-state index contributed by atoms with van der Waals surface area (Å²) in [7, 11) is 0. The highest BCUT2D eigenvalue weighted by molar-refractivity contribution is 5.62. The van der Waals surface area contributed by atoms with Crippen LogP contribution in [-0.4, -0.2) is 9.97 Å². The first kappa shape index (κ1) is 8.81. The molecule has 0 saturated carbocycles. The van der Waals surface area contributed by atoms with Crippen LogP contribution in [0.5, 0.6) is 0 Å². The van der Waals surface area contributed by atoms with Gasteiger partial charge in [0.05, 0.1) is 6.20 Å². The fourth-order valence-electron chi connectivity index (χ4n) is 1.55. The van der Waals surface area contributed by atoms with Gasteiger partial charge in [-0.15, -0.1) is 0 Å². The predicted octanol–water partition coefficient (Wildman–Crippen LogP) is 2.28. The maximum absolute atomic E-state index is 5.58. The second kappa shape index (κ2) is 3.18. The third kappa shape index (κ3) is 1.48. The van der Waals surface area contributed by atoms with Crippen molar-refractivity contribution >= 4 is 5.82 Å². The van der Waals surface area contributed by atoms with Gasteiger partial charge in [0, 0.05) is 5.56 Å². The summed E-state index contributed by atoms with van der Waals surface area (Å²) in [5.74, 6) is 1.43. The van der Waals surface area contributed by atoms with Gasteiger partial charge in [-0.05, 0) is 19.4 Å². The molecule has 3 heteroatoms. The SMILES string of the molecule is Cc1ccc(-c2ncc(N)[nH]2)c(C)c1. The molecule has 14 heavy (non-hydrogen) atoms. The summed E-state index contributed by atoms with van der Waals surface area (Å²) in [6.45, 7) is 4.15. The second-order valence-corrected chi connectivity index (χ2v) is 3.51. The Morgan fingerprint density at radius 3 is 2.64 bits per heavy atom. The van der Waals surface area contributed by atoms with Crippen molar-refractivity contribution in [1.29, 1.82) is 0 Å². The number of hydrogen-bond donors (Lipinski definition) is 2. The first-order chi connectivity index (χ1) is 6.66. The molecule has 0 spiro atoms. The number of anilines is 1. The van der Waals surface area contributed by atoms with Gasteiger partial charge in [-0.2, -0.15) is 0 Å². The van der Waals surface area contributed by atoms with Gasteiger partial charge in [-0.1, -0.05) is 23.8 Å². The van der Waals surface area contributed by atoms with Crippen molar-refractivity contribution in [1.82, 2.24) is 9.97 Å². The Hall–Kier alpha value is -1.77. The molecule has 0 bridgehead atoms. The molecule has 2 rings (SSSR count). The van der Waals surface area contributed by atoms with Crippen LogP contribution in [-0.2, 0) is 0 Å². The third-order valence-electron chi connectivity index (χ3n) is 2.23. The van der Waals surface area contributed by atoms with E-state index < -0.39 is 0 Å². The van der Waals surface area contributed by atoms with Gasteiger partial charge in [0.2, 0.25) is 0 Å². The predicted molar refractivity (Wildman–Crippen MR) is 57.9 cm³/mol. The van der Waals surface area contributed by atoms with Crippen molar-refractivity contribution in [3.05, 3.63) is 35.5 Å². The minimum absolute atomic E-state index is 0.597. The fourth-order valence-corrected chi connectivity index (χ4v) is 1.55. The van der Waals surface area contributed by atoms with E-state index in [4.69, 9.17) is 5.73 Å².